The van der Waals surface area contributed by atoms with Gasteiger partial charge in [-0.05, 0) is 49.5 Å². The Morgan fingerprint density at radius 2 is 2.25 bits per heavy atom. The highest BCUT2D eigenvalue weighted by molar-refractivity contribution is 5.34. The van der Waals surface area contributed by atoms with Crippen molar-refractivity contribution >= 4 is 0 Å². The van der Waals surface area contributed by atoms with Crippen LogP contribution < -0.4 is 5.73 Å². The van der Waals surface area contributed by atoms with Gasteiger partial charge >= 0.3 is 0 Å². The number of hydrogen-bond donors (Lipinski definition) is 1. The van der Waals surface area contributed by atoms with Gasteiger partial charge in [0, 0.05) is 12.6 Å². The lowest BCUT2D eigenvalue weighted by Crippen LogP contribution is -2.39. The largest absolute Gasteiger partial charge is 0.330 e. The molecule has 2 atom stereocenters. The average molecular weight is 275 g/mol. The molecule has 1 fully saturated rings. The van der Waals surface area contributed by atoms with Gasteiger partial charge in [0.25, 0.3) is 0 Å². The first-order valence-corrected chi connectivity index (χ1v) is 7.32. The summed E-state index contributed by atoms with van der Waals surface area (Å²) in [7, 11) is 0. The van der Waals surface area contributed by atoms with Crippen molar-refractivity contribution < 1.29 is 4.39 Å². The zero-order valence-corrected chi connectivity index (χ0v) is 12.0. The van der Waals surface area contributed by atoms with Gasteiger partial charge in [-0.1, -0.05) is 19.4 Å². The van der Waals surface area contributed by atoms with Crippen molar-refractivity contribution in [2.45, 2.75) is 38.8 Å². The molecule has 0 aromatic heterocycles. The fourth-order valence-corrected chi connectivity index (χ4v) is 3.23. The first-order chi connectivity index (χ1) is 9.69. The second kappa shape index (κ2) is 6.83. The molecule has 0 heterocycles. The number of rotatable bonds is 5. The number of nitrogens with two attached hydrogens (primary N) is 1. The molecule has 1 aromatic carbocycles. The number of nitrogens with zero attached hydrogens (tertiary/aromatic N) is 2. The molecule has 0 amide bonds. The van der Waals surface area contributed by atoms with Crippen molar-refractivity contribution in [3.63, 3.8) is 0 Å². The van der Waals surface area contributed by atoms with Crippen molar-refractivity contribution in [1.29, 1.82) is 5.26 Å². The predicted molar refractivity (Wildman–Crippen MR) is 77.4 cm³/mol. The van der Waals surface area contributed by atoms with Crippen molar-refractivity contribution in [3.8, 4) is 6.07 Å². The normalized spacial score (nSPS) is 22.1. The van der Waals surface area contributed by atoms with Gasteiger partial charge in [0.1, 0.15) is 11.9 Å². The smallest absolute Gasteiger partial charge is 0.140 e. The third-order valence-electron chi connectivity index (χ3n) is 4.33. The minimum absolute atomic E-state index is 0.125. The summed E-state index contributed by atoms with van der Waals surface area (Å²) < 4.78 is 13.4. The molecule has 2 rings (SSSR count). The molecule has 1 aromatic rings. The van der Waals surface area contributed by atoms with Crippen LogP contribution in [0, 0.1) is 23.1 Å². The van der Waals surface area contributed by atoms with Gasteiger partial charge in [-0.15, -0.1) is 0 Å². The minimum atomic E-state index is -0.444. The Bertz CT molecular complexity index is 495. The van der Waals surface area contributed by atoms with Crippen LogP contribution in [-0.4, -0.2) is 24.0 Å². The van der Waals surface area contributed by atoms with Crippen LogP contribution >= 0.6 is 0 Å². The zero-order valence-electron chi connectivity index (χ0n) is 12.0. The molecule has 0 bridgehead atoms. The maximum Gasteiger partial charge on any atom is 0.140 e. The number of nitriles is 1. The fraction of sp³-hybridized carbons (Fsp3) is 0.562. The van der Waals surface area contributed by atoms with Gasteiger partial charge in [0.15, 0.2) is 0 Å². The summed E-state index contributed by atoms with van der Waals surface area (Å²) in [5.74, 6) is 0.117. The summed E-state index contributed by atoms with van der Waals surface area (Å²) in [4.78, 5) is 2.40. The van der Waals surface area contributed by atoms with E-state index in [1.165, 1.54) is 25.3 Å². The minimum Gasteiger partial charge on any atom is -0.330 e. The molecule has 0 spiro atoms. The molecule has 2 unspecified atom stereocenters. The van der Waals surface area contributed by atoms with Gasteiger partial charge in [-0.2, -0.15) is 5.26 Å². The first kappa shape index (κ1) is 15.0. The number of hydrogen-bond acceptors (Lipinski definition) is 3. The van der Waals surface area contributed by atoms with Crippen LogP contribution in [0.4, 0.5) is 4.39 Å². The third kappa shape index (κ3) is 3.17. The van der Waals surface area contributed by atoms with Crippen LogP contribution in [0.5, 0.6) is 0 Å². The molecule has 1 aliphatic rings. The van der Waals surface area contributed by atoms with Crippen molar-refractivity contribution in [3.05, 3.63) is 35.1 Å². The van der Waals surface area contributed by atoms with Crippen LogP contribution in [-0.2, 0) is 6.54 Å². The van der Waals surface area contributed by atoms with E-state index < -0.39 is 5.82 Å². The molecule has 1 aliphatic carbocycles. The van der Waals surface area contributed by atoms with Crippen molar-refractivity contribution in [1.82, 2.24) is 4.90 Å². The lowest BCUT2D eigenvalue weighted by Gasteiger charge is -2.31. The number of benzene rings is 1. The lowest BCUT2D eigenvalue weighted by atomic mass is 10.0. The summed E-state index contributed by atoms with van der Waals surface area (Å²) in [5.41, 5.74) is 6.97. The highest BCUT2D eigenvalue weighted by atomic mass is 19.1. The quantitative estimate of drug-likeness (QED) is 0.898. The maximum atomic E-state index is 13.4. The van der Waals surface area contributed by atoms with Crippen molar-refractivity contribution in [2.75, 3.05) is 13.1 Å². The molecule has 0 aliphatic heterocycles. The molecular formula is C16H22FN3. The van der Waals surface area contributed by atoms with Crippen LogP contribution in [0.2, 0.25) is 0 Å². The Labute approximate surface area is 120 Å². The van der Waals surface area contributed by atoms with Gasteiger partial charge in [-0.3, -0.25) is 4.90 Å². The van der Waals surface area contributed by atoms with E-state index in [1.807, 2.05) is 6.07 Å². The van der Waals surface area contributed by atoms with Crippen molar-refractivity contribution in [2.24, 2.45) is 11.7 Å². The number of halogens is 1. The summed E-state index contributed by atoms with van der Waals surface area (Å²) in [6.45, 7) is 4.57. The standard InChI is InChI=1S/C16H22FN3/c1-2-20(16-5-3-4-13(16)9-18)11-12-6-7-15(17)14(8-12)10-19/h6-8,13,16H,2-5,9,11,18H2,1H3. The monoisotopic (exact) mass is 275 g/mol. The van der Waals surface area contributed by atoms with E-state index in [2.05, 4.69) is 11.8 Å². The van der Waals surface area contributed by atoms with Crippen LogP contribution in [0.25, 0.3) is 0 Å². The molecule has 108 valence electrons. The van der Waals surface area contributed by atoms with E-state index in [0.717, 1.165) is 25.2 Å². The molecule has 0 radical (unpaired) electrons. The molecule has 4 heteroatoms. The van der Waals surface area contributed by atoms with E-state index in [4.69, 9.17) is 11.0 Å². The van der Waals surface area contributed by atoms with E-state index in [-0.39, 0.29) is 5.56 Å². The SMILES string of the molecule is CCN(Cc1ccc(F)c(C#N)c1)C1CCCC1CN. The van der Waals surface area contributed by atoms with Gasteiger partial charge < -0.3 is 5.73 Å². The Morgan fingerprint density at radius 1 is 1.45 bits per heavy atom. The van der Waals surface area contributed by atoms with Crippen LogP contribution in [0.15, 0.2) is 18.2 Å². The Kier molecular flexibility index (Phi) is 5.11. The van der Waals surface area contributed by atoms with Gasteiger partial charge in [-0.25, -0.2) is 4.39 Å². The topological polar surface area (TPSA) is 53.0 Å². The summed E-state index contributed by atoms with van der Waals surface area (Å²) in [6, 6.07) is 7.23. The molecular weight excluding hydrogens is 253 g/mol. The predicted octanol–water partition coefficient (Wildman–Crippen LogP) is 2.65. The van der Waals surface area contributed by atoms with Crippen LogP contribution in [0.1, 0.15) is 37.3 Å². The average Bonchev–Trinajstić information content (AvgIpc) is 2.94. The first-order valence-electron chi connectivity index (χ1n) is 7.32. The molecule has 0 saturated heterocycles. The van der Waals surface area contributed by atoms with E-state index in [1.54, 1.807) is 12.1 Å². The van der Waals surface area contributed by atoms with Gasteiger partial charge in [0.2, 0.25) is 0 Å². The second-order valence-electron chi connectivity index (χ2n) is 5.48. The summed E-state index contributed by atoms with van der Waals surface area (Å²) in [6.07, 6.45) is 3.61. The van der Waals surface area contributed by atoms with E-state index in [9.17, 15) is 4.39 Å². The molecule has 2 N–H and O–H groups in total. The van der Waals surface area contributed by atoms with E-state index in [0.29, 0.717) is 12.0 Å². The lowest BCUT2D eigenvalue weighted by molar-refractivity contribution is 0.162. The highest BCUT2D eigenvalue weighted by Gasteiger charge is 2.30. The maximum absolute atomic E-state index is 13.4. The summed E-state index contributed by atoms with van der Waals surface area (Å²) in [5, 5.41) is 8.91. The van der Waals surface area contributed by atoms with E-state index >= 15 is 0 Å². The Morgan fingerprint density at radius 3 is 2.90 bits per heavy atom. The molecule has 20 heavy (non-hydrogen) atoms. The fourth-order valence-electron chi connectivity index (χ4n) is 3.23. The Hall–Kier alpha value is -1.44. The highest BCUT2D eigenvalue weighted by Crippen LogP contribution is 2.30. The van der Waals surface area contributed by atoms with Gasteiger partial charge in [0.05, 0.1) is 5.56 Å². The van der Waals surface area contributed by atoms with Crippen LogP contribution in [0.3, 0.4) is 0 Å². The third-order valence-corrected chi connectivity index (χ3v) is 4.33. The molecule has 1 saturated carbocycles. The second-order valence-corrected chi connectivity index (χ2v) is 5.48. The Balaban J connectivity index is 2.12. The summed E-state index contributed by atoms with van der Waals surface area (Å²) >= 11 is 0. The zero-order chi connectivity index (χ0) is 14.5. The molecule has 3 nitrogen and oxygen atoms in total.